The van der Waals surface area contributed by atoms with E-state index in [4.69, 9.17) is 0 Å². The summed E-state index contributed by atoms with van der Waals surface area (Å²) in [5.74, 6) is 1.12. The Labute approximate surface area is 139 Å². The lowest BCUT2D eigenvalue weighted by Gasteiger charge is -2.07. The average Bonchev–Trinajstić information content (AvgIpc) is 3.10. The zero-order valence-electron chi connectivity index (χ0n) is 13.0. The average molecular weight is 319 g/mol. The summed E-state index contributed by atoms with van der Waals surface area (Å²) in [6.45, 7) is 1.09. The van der Waals surface area contributed by atoms with Crippen LogP contribution in [0.1, 0.15) is 5.56 Å². The zero-order valence-corrected chi connectivity index (χ0v) is 13.0. The molecule has 1 N–H and O–H groups in total. The molecular formula is C18H17N5O. The number of rotatable bonds is 6. The highest BCUT2D eigenvalue weighted by molar-refractivity contribution is 5.91. The third kappa shape index (κ3) is 4.13. The van der Waals surface area contributed by atoms with Gasteiger partial charge in [0.25, 0.3) is 0 Å². The normalized spacial score (nSPS) is 10.8. The Morgan fingerprint density at radius 1 is 1.04 bits per heavy atom. The highest BCUT2D eigenvalue weighted by Crippen LogP contribution is 2.10. The SMILES string of the molecule is O=C(C=Cc1ccccc1)NCCn1ccnc1-c1ncccn1. The molecule has 0 atom stereocenters. The van der Waals surface area contributed by atoms with Gasteiger partial charge in [0.05, 0.1) is 0 Å². The quantitative estimate of drug-likeness (QED) is 0.707. The highest BCUT2D eigenvalue weighted by Gasteiger charge is 2.07. The van der Waals surface area contributed by atoms with Crippen LogP contribution in [0.4, 0.5) is 0 Å². The van der Waals surface area contributed by atoms with E-state index in [-0.39, 0.29) is 5.91 Å². The molecule has 120 valence electrons. The summed E-state index contributed by atoms with van der Waals surface area (Å²) in [7, 11) is 0. The molecule has 3 aromatic rings. The number of imidazole rings is 1. The monoisotopic (exact) mass is 319 g/mol. The number of nitrogens with zero attached hydrogens (tertiary/aromatic N) is 4. The summed E-state index contributed by atoms with van der Waals surface area (Å²) in [4.78, 5) is 24.5. The maximum Gasteiger partial charge on any atom is 0.244 e. The van der Waals surface area contributed by atoms with Gasteiger partial charge in [-0.3, -0.25) is 4.79 Å². The van der Waals surface area contributed by atoms with Crippen LogP contribution in [0, 0.1) is 0 Å². The van der Waals surface area contributed by atoms with Crippen LogP contribution < -0.4 is 5.32 Å². The zero-order chi connectivity index (χ0) is 16.6. The molecule has 24 heavy (non-hydrogen) atoms. The first-order chi connectivity index (χ1) is 11.8. The van der Waals surface area contributed by atoms with Crippen LogP contribution >= 0.6 is 0 Å². The molecule has 0 aliphatic carbocycles. The third-order valence-corrected chi connectivity index (χ3v) is 3.36. The van der Waals surface area contributed by atoms with E-state index in [2.05, 4.69) is 20.3 Å². The fourth-order valence-electron chi connectivity index (χ4n) is 2.20. The number of aromatic nitrogens is 4. The van der Waals surface area contributed by atoms with Crippen molar-refractivity contribution in [2.75, 3.05) is 6.54 Å². The summed E-state index contributed by atoms with van der Waals surface area (Å²) in [6, 6.07) is 11.5. The number of carbonyl (C=O) groups is 1. The van der Waals surface area contributed by atoms with E-state index in [0.717, 1.165) is 5.56 Å². The summed E-state index contributed by atoms with van der Waals surface area (Å²) < 4.78 is 1.91. The molecule has 0 unspecified atom stereocenters. The van der Waals surface area contributed by atoms with Crippen molar-refractivity contribution in [3.8, 4) is 11.6 Å². The van der Waals surface area contributed by atoms with Gasteiger partial charge in [0, 0.05) is 44.0 Å². The lowest BCUT2D eigenvalue weighted by Crippen LogP contribution is -2.25. The standard InChI is InChI=1S/C18H17N5O/c24-16(8-7-15-5-2-1-3-6-15)19-11-13-23-14-12-22-18(23)17-20-9-4-10-21-17/h1-10,12,14H,11,13H2,(H,19,24). The van der Waals surface area contributed by atoms with Crippen molar-refractivity contribution in [3.05, 3.63) is 72.8 Å². The fraction of sp³-hybridized carbons (Fsp3) is 0.111. The van der Waals surface area contributed by atoms with E-state index < -0.39 is 0 Å². The predicted molar refractivity (Wildman–Crippen MR) is 91.7 cm³/mol. The predicted octanol–water partition coefficient (Wildman–Crippen LogP) is 2.17. The molecule has 0 fully saturated rings. The molecular weight excluding hydrogens is 302 g/mol. The Hall–Kier alpha value is -3.28. The Kier molecular flexibility index (Phi) is 5.09. The van der Waals surface area contributed by atoms with E-state index in [1.165, 1.54) is 6.08 Å². The molecule has 0 saturated carbocycles. The van der Waals surface area contributed by atoms with Gasteiger partial charge in [-0.05, 0) is 17.7 Å². The maximum absolute atomic E-state index is 11.9. The summed E-state index contributed by atoms with van der Waals surface area (Å²) in [6.07, 6.45) is 10.2. The maximum atomic E-state index is 11.9. The first-order valence-electron chi connectivity index (χ1n) is 7.62. The van der Waals surface area contributed by atoms with Crippen molar-refractivity contribution in [1.29, 1.82) is 0 Å². The lowest BCUT2D eigenvalue weighted by atomic mass is 10.2. The molecule has 0 radical (unpaired) electrons. The van der Waals surface area contributed by atoms with Crippen molar-refractivity contribution >= 4 is 12.0 Å². The minimum atomic E-state index is -0.128. The van der Waals surface area contributed by atoms with E-state index in [1.807, 2.05) is 41.1 Å². The molecule has 0 bridgehead atoms. The van der Waals surface area contributed by atoms with Crippen LogP contribution in [0.15, 0.2) is 67.3 Å². The van der Waals surface area contributed by atoms with Gasteiger partial charge in [-0.2, -0.15) is 0 Å². The van der Waals surface area contributed by atoms with E-state index in [0.29, 0.717) is 24.7 Å². The molecule has 3 rings (SSSR count). The molecule has 6 heteroatoms. The van der Waals surface area contributed by atoms with E-state index in [1.54, 1.807) is 30.7 Å². The van der Waals surface area contributed by atoms with Gasteiger partial charge in [0.1, 0.15) is 0 Å². The van der Waals surface area contributed by atoms with Crippen molar-refractivity contribution < 1.29 is 4.79 Å². The van der Waals surface area contributed by atoms with Crippen LogP contribution in [0.3, 0.4) is 0 Å². The molecule has 0 saturated heterocycles. The van der Waals surface area contributed by atoms with Gasteiger partial charge in [0.2, 0.25) is 5.91 Å². The minimum Gasteiger partial charge on any atom is -0.351 e. The van der Waals surface area contributed by atoms with Crippen LogP contribution in [0.2, 0.25) is 0 Å². The smallest absolute Gasteiger partial charge is 0.244 e. The van der Waals surface area contributed by atoms with Crippen LogP contribution in [0.25, 0.3) is 17.7 Å². The second-order valence-corrected chi connectivity index (χ2v) is 5.05. The number of hydrogen-bond donors (Lipinski definition) is 1. The van der Waals surface area contributed by atoms with Crippen molar-refractivity contribution in [1.82, 2.24) is 24.8 Å². The second kappa shape index (κ2) is 7.82. The molecule has 0 spiro atoms. The summed E-state index contributed by atoms with van der Waals surface area (Å²) >= 11 is 0. The molecule has 6 nitrogen and oxygen atoms in total. The molecule has 2 heterocycles. The van der Waals surface area contributed by atoms with E-state index in [9.17, 15) is 4.79 Å². The van der Waals surface area contributed by atoms with Gasteiger partial charge >= 0.3 is 0 Å². The Morgan fingerprint density at radius 3 is 2.62 bits per heavy atom. The van der Waals surface area contributed by atoms with Crippen molar-refractivity contribution in [2.45, 2.75) is 6.54 Å². The number of amides is 1. The van der Waals surface area contributed by atoms with Gasteiger partial charge < -0.3 is 9.88 Å². The lowest BCUT2D eigenvalue weighted by molar-refractivity contribution is -0.116. The molecule has 2 aromatic heterocycles. The highest BCUT2D eigenvalue weighted by atomic mass is 16.1. The molecule has 1 amide bonds. The van der Waals surface area contributed by atoms with Crippen LogP contribution in [-0.4, -0.2) is 32.0 Å². The van der Waals surface area contributed by atoms with Gasteiger partial charge in [-0.25, -0.2) is 15.0 Å². The first-order valence-corrected chi connectivity index (χ1v) is 7.62. The molecule has 0 aliphatic rings. The largest absolute Gasteiger partial charge is 0.351 e. The Morgan fingerprint density at radius 2 is 1.83 bits per heavy atom. The minimum absolute atomic E-state index is 0.128. The number of nitrogens with one attached hydrogen (secondary N) is 1. The number of hydrogen-bond acceptors (Lipinski definition) is 4. The van der Waals surface area contributed by atoms with Gasteiger partial charge in [-0.15, -0.1) is 0 Å². The topological polar surface area (TPSA) is 72.7 Å². The van der Waals surface area contributed by atoms with E-state index >= 15 is 0 Å². The first kappa shape index (κ1) is 15.6. The number of benzene rings is 1. The summed E-state index contributed by atoms with van der Waals surface area (Å²) in [5.41, 5.74) is 0.991. The third-order valence-electron chi connectivity index (χ3n) is 3.36. The van der Waals surface area contributed by atoms with Crippen LogP contribution in [0.5, 0.6) is 0 Å². The number of carbonyl (C=O) groups excluding carboxylic acids is 1. The van der Waals surface area contributed by atoms with Crippen LogP contribution in [-0.2, 0) is 11.3 Å². The van der Waals surface area contributed by atoms with Crippen molar-refractivity contribution in [3.63, 3.8) is 0 Å². The second-order valence-electron chi connectivity index (χ2n) is 5.05. The van der Waals surface area contributed by atoms with Gasteiger partial charge in [0.15, 0.2) is 11.6 Å². The van der Waals surface area contributed by atoms with Crippen molar-refractivity contribution in [2.24, 2.45) is 0 Å². The molecule has 1 aromatic carbocycles. The molecule has 0 aliphatic heterocycles. The van der Waals surface area contributed by atoms with Gasteiger partial charge in [-0.1, -0.05) is 30.3 Å². The summed E-state index contributed by atoms with van der Waals surface area (Å²) in [5, 5.41) is 2.85. The Bertz CT molecular complexity index is 812. The fourth-order valence-corrected chi connectivity index (χ4v) is 2.20. The Balaban J connectivity index is 1.53.